The van der Waals surface area contributed by atoms with Gasteiger partial charge >= 0.3 is 5.97 Å². The van der Waals surface area contributed by atoms with E-state index in [1.54, 1.807) is 39.2 Å². The van der Waals surface area contributed by atoms with Crippen molar-refractivity contribution < 1.29 is 27.5 Å². The Hall–Kier alpha value is -3.43. The first-order valence-electron chi connectivity index (χ1n) is 10.0. The van der Waals surface area contributed by atoms with E-state index in [-0.39, 0.29) is 15.8 Å². The van der Waals surface area contributed by atoms with Crippen LogP contribution in [0.4, 0.5) is 0 Å². The molecule has 9 heteroatoms. The number of pyridine rings is 1. The largest absolute Gasteiger partial charge is 0.497 e. The zero-order valence-corrected chi connectivity index (χ0v) is 18.6. The number of hydrogen-bond donors (Lipinski definition) is 1. The van der Waals surface area contributed by atoms with Crippen LogP contribution in [0.2, 0.25) is 0 Å². The van der Waals surface area contributed by atoms with Crippen LogP contribution in [0.1, 0.15) is 24.2 Å². The molecule has 0 aliphatic heterocycles. The Balaban J connectivity index is 1.88. The molecule has 0 radical (unpaired) electrons. The van der Waals surface area contributed by atoms with Gasteiger partial charge in [0.05, 0.1) is 23.1 Å². The maximum atomic E-state index is 12.9. The Kier molecular flexibility index (Phi) is 5.62. The highest BCUT2D eigenvalue weighted by molar-refractivity contribution is 7.89. The van der Waals surface area contributed by atoms with Crippen LogP contribution in [0, 0.1) is 0 Å². The van der Waals surface area contributed by atoms with Gasteiger partial charge in [0, 0.05) is 29.9 Å². The van der Waals surface area contributed by atoms with Gasteiger partial charge in [-0.25, -0.2) is 18.2 Å². The van der Waals surface area contributed by atoms with Gasteiger partial charge in [-0.1, -0.05) is 13.8 Å². The molecular formula is C23H22N2O6S. The van der Waals surface area contributed by atoms with Crippen LogP contribution in [0.15, 0.2) is 57.8 Å². The van der Waals surface area contributed by atoms with E-state index in [2.05, 4.69) is 4.98 Å². The summed E-state index contributed by atoms with van der Waals surface area (Å²) < 4.78 is 38.2. The molecule has 0 atom stereocenters. The van der Waals surface area contributed by atoms with Crippen molar-refractivity contribution in [1.82, 2.24) is 9.29 Å². The molecule has 166 valence electrons. The third kappa shape index (κ3) is 3.69. The fraction of sp³-hybridized carbons (Fsp3) is 0.217. The molecule has 1 N–H and O–H groups in total. The molecule has 0 unspecified atom stereocenters. The summed E-state index contributed by atoms with van der Waals surface area (Å²) in [6.45, 7) is 4.14. The number of ether oxygens (including phenoxy) is 1. The van der Waals surface area contributed by atoms with E-state index in [0.717, 1.165) is 5.39 Å². The number of aromatic nitrogens is 1. The van der Waals surface area contributed by atoms with Crippen LogP contribution in [-0.2, 0) is 10.0 Å². The standard InChI is InChI=1S/C23H22N2O6S/c1-4-25(5-2)32(28,29)16-8-9-19-17(12-16)18(23(26)27)13-20(24-19)22-10-14-6-7-15(30-3)11-21(14)31-22/h6-13H,4-5H2,1-3H3,(H,26,27). The number of aromatic carboxylic acids is 1. The zero-order valence-electron chi connectivity index (χ0n) is 17.8. The SMILES string of the molecule is CCN(CC)S(=O)(=O)c1ccc2nc(-c3cc4ccc(OC)cc4o3)cc(C(=O)O)c2c1. The maximum Gasteiger partial charge on any atom is 0.336 e. The summed E-state index contributed by atoms with van der Waals surface area (Å²) in [7, 11) is -2.18. The van der Waals surface area contributed by atoms with Gasteiger partial charge in [0.1, 0.15) is 17.0 Å². The van der Waals surface area contributed by atoms with E-state index in [9.17, 15) is 18.3 Å². The van der Waals surface area contributed by atoms with Crippen LogP contribution in [-0.4, -0.2) is 49.0 Å². The first-order chi connectivity index (χ1) is 15.3. The van der Waals surface area contributed by atoms with Gasteiger partial charge in [0.2, 0.25) is 10.0 Å². The van der Waals surface area contributed by atoms with Gasteiger partial charge in [0.25, 0.3) is 0 Å². The Bertz CT molecular complexity index is 1440. The predicted molar refractivity (Wildman–Crippen MR) is 121 cm³/mol. The molecule has 0 aliphatic carbocycles. The van der Waals surface area contributed by atoms with Crippen LogP contribution in [0.3, 0.4) is 0 Å². The molecule has 4 rings (SSSR count). The van der Waals surface area contributed by atoms with E-state index < -0.39 is 16.0 Å². The Morgan fingerprint density at radius 2 is 1.84 bits per heavy atom. The lowest BCUT2D eigenvalue weighted by Gasteiger charge is -2.18. The smallest absolute Gasteiger partial charge is 0.336 e. The number of carboxylic acid groups (broad SMARTS) is 1. The number of benzene rings is 2. The van der Waals surface area contributed by atoms with Crippen molar-refractivity contribution in [3.8, 4) is 17.2 Å². The number of nitrogens with zero attached hydrogens (tertiary/aromatic N) is 2. The van der Waals surface area contributed by atoms with Crippen LogP contribution in [0.5, 0.6) is 5.75 Å². The first kappa shape index (κ1) is 21.8. The Morgan fingerprint density at radius 1 is 1.09 bits per heavy atom. The van der Waals surface area contributed by atoms with Gasteiger partial charge in [-0.2, -0.15) is 4.31 Å². The number of methoxy groups -OCH3 is 1. The second-order valence-corrected chi connectivity index (χ2v) is 9.08. The van der Waals surface area contributed by atoms with Crippen molar-refractivity contribution in [2.45, 2.75) is 18.7 Å². The average Bonchev–Trinajstić information content (AvgIpc) is 3.21. The molecule has 0 amide bonds. The second kappa shape index (κ2) is 8.25. The number of fused-ring (bicyclic) bond motifs is 2. The fourth-order valence-electron chi connectivity index (χ4n) is 3.65. The molecule has 0 spiro atoms. The van der Waals surface area contributed by atoms with Gasteiger partial charge in [-0.05, 0) is 42.5 Å². The minimum Gasteiger partial charge on any atom is -0.497 e. The van der Waals surface area contributed by atoms with Crippen molar-refractivity contribution in [3.05, 3.63) is 54.1 Å². The fourth-order valence-corrected chi connectivity index (χ4v) is 5.13. The number of rotatable bonds is 7. The molecule has 2 heterocycles. The summed E-state index contributed by atoms with van der Waals surface area (Å²) in [5.74, 6) is -0.149. The van der Waals surface area contributed by atoms with Gasteiger partial charge in [-0.3, -0.25) is 0 Å². The first-order valence-corrected chi connectivity index (χ1v) is 11.5. The maximum absolute atomic E-state index is 12.9. The molecule has 4 aromatic rings. The van der Waals surface area contributed by atoms with E-state index in [1.807, 2.05) is 6.07 Å². The van der Waals surface area contributed by atoms with Crippen molar-refractivity contribution >= 4 is 37.9 Å². The summed E-state index contributed by atoms with van der Waals surface area (Å²) in [5, 5.41) is 10.9. The number of carboxylic acids is 1. The molecule has 0 aliphatic rings. The highest BCUT2D eigenvalue weighted by Crippen LogP contribution is 2.32. The van der Waals surface area contributed by atoms with E-state index >= 15 is 0 Å². The van der Waals surface area contributed by atoms with Crippen LogP contribution < -0.4 is 4.74 Å². The molecule has 8 nitrogen and oxygen atoms in total. The van der Waals surface area contributed by atoms with Crippen LogP contribution >= 0.6 is 0 Å². The zero-order chi connectivity index (χ0) is 23.0. The van der Waals surface area contributed by atoms with Gasteiger partial charge in [0.15, 0.2) is 5.76 Å². The minimum absolute atomic E-state index is 0.0292. The second-order valence-electron chi connectivity index (χ2n) is 7.14. The number of hydrogen-bond acceptors (Lipinski definition) is 6. The minimum atomic E-state index is -3.74. The lowest BCUT2D eigenvalue weighted by molar-refractivity contribution is 0.0699. The quantitative estimate of drug-likeness (QED) is 0.441. The molecule has 0 bridgehead atoms. The molecule has 0 saturated carbocycles. The monoisotopic (exact) mass is 454 g/mol. The molecule has 2 aromatic heterocycles. The Labute approximate surface area is 185 Å². The van der Waals surface area contributed by atoms with Crippen molar-refractivity contribution in [2.75, 3.05) is 20.2 Å². The van der Waals surface area contributed by atoms with Gasteiger partial charge < -0.3 is 14.3 Å². The summed E-state index contributed by atoms with van der Waals surface area (Å²) in [6, 6.07) is 12.9. The van der Waals surface area contributed by atoms with E-state index in [0.29, 0.717) is 41.4 Å². The third-order valence-electron chi connectivity index (χ3n) is 5.33. The highest BCUT2D eigenvalue weighted by atomic mass is 32.2. The summed E-state index contributed by atoms with van der Waals surface area (Å²) >= 11 is 0. The van der Waals surface area contributed by atoms with Crippen molar-refractivity contribution in [2.24, 2.45) is 0 Å². The number of furan rings is 1. The summed E-state index contributed by atoms with van der Waals surface area (Å²) in [6.07, 6.45) is 0. The van der Waals surface area contributed by atoms with Crippen molar-refractivity contribution in [3.63, 3.8) is 0 Å². The lowest BCUT2D eigenvalue weighted by atomic mass is 10.1. The average molecular weight is 455 g/mol. The predicted octanol–water partition coefficient (Wildman–Crippen LogP) is 4.39. The highest BCUT2D eigenvalue weighted by Gasteiger charge is 2.24. The summed E-state index contributed by atoms with van der Waals surface area (Å²) in [5.41, 5.74) is 1.22. The number of carbonyl (C=O) groups is 1. The van der Waals surface area contributed by atoms with E-state index in [1.165, 1.54) is 28.6 Å². The third-order valence-corrected chi connectivity index (χ3v) is 7.38. The summed E-state index contributed by atoms with van der Waals surface area (Å²) in [4.78, 5) is 16.6. The van der Waals surface area contributed by atoms with Crippen LogP contribution in [0.25, 0.3) is 33.3 Å². The van der Waals surface area contributed by atoms with E-state index in [4.69, 9.17) is 9.15 Å². The van der Waals surface area contributed by atoms with Crippen molar-refractivity contribution in [1.29, 1.82) is 0 Å². The molecule has 32 heavy (non-hydrogen) atoms. The lowest BCUT2D eigenvalue weighted by Crippen LogP contribution is -2.30. The molecule has 2 aromatic carbocycles. The van der Waals surface area contributed by atoms with Gasteiger partial charge in [-0.15, -0.1) is 0 Å². The number of sulfonamides is 1. The molecular weight excluding hydrogens is 432 g/mol. The Morgan fingerprint density at radius 3 is 2.50 bits per heavy atom. The molecule has 0 saturated heterocycles. The topological polar surface area (TPSA) is 110 Å². The molecule has 0 fully saturated rings. The normalized spacial score (nSPS) is 12.0.